The molecule has 19 heavy (non-hydrogen) atoms. The fourth-order valence-electron chi connectivity index (χ4n) is 3.11. The zero-order chi connectivity index (χ0) is 13.2. The highest BCUT2D eigenvalue weighted by atomic mass is 79.9. The van der Waals surface area contributed by atoms with Crippen LogP contribution >= 0.6 is 15.9 Å². The third kappa shape index (κ3) is 2.75. The fraction of sp³-hybridized carbons (Fsp3) is 0.294. The highest BCUT2D eigenvalue weighted by molar-refractivity contribution is 9.10. The SMILES string of the molecule is NC(Cc1cccc(Br)c1)C1CCc2ccccc21. The van der Waals surface area contributed by atoms with Crippen molar-refractivity contribution >= 4 is 15.9 Å². The average Bonchev–Trinajstić information content (AvgIpc) is 2.82. The van der Waals surface area contributed by atoms with Gasteiger partial charge in [0.2, 0.25) is 0 Å². The van der Waals surface area contributed by atoms with E-state index in [1.54, 1.807) is 0 Å². The fourth-order valence-corrected chi connectivity index (χ4v) is 3.56. The maximum Gasteiger partial charge on any atom is 0.0178 e. The van der Waals surface area contributed by atoms with Gasteiger partial charge in [-0.25, -0.2) is 0 Å². The lowest BCUT2D eigenvalue weighted by molar-refractivity contribution is 0.525. The summed E-state index contributed by atoms with van der Waals surface area (Å²) in [6.07, 6.45) is 3.31. The van der Waals surface area contributed by atoms with E-state index < -0.39 is 0 Å². The molecule has 2 aromatic carbocycles. The molecule has 3 rings (SSSR count). The van der Waals surface area contributed by atoms with Crippen molar-refractivity contribution in [2.45, 2.75) is 31.2 Å². The first kappa shape index (κ1) is 12.9. The molecular weight excluding hydrogens is 298 g/mol. The lowest BCUT2D eigenvalue weighted by Crippen LogP contribution is -2.29. The molecule has 0 radical (unpaired) electrons. The van der Waals surface area contributed by atoms with Gasteiger partial charge in [0.25, 0.3) is 0 Å². The van der Waals surface area contributed by atoms with E-state index in [0.29, 0.717) is 5.92 Å². The maximum atomic E-state index is 6.46. The highest BCUT2D eigenvalue weighted by Gasteiger charge is 2.27. The highest BCUT2D eigenvalue weighted by Crippen LogP contribution is 2.35. The van der Waals surface area contributed by atoms with Gasteiger partial charge in [-0.1, -0.05) is 52.3 Å². The molecule has 0 spiro atoms. The van der Waals surface area contributed by atoms with Crippen molar-refractivity contribution < 1.29 is 0 Å². The molecule has 2 heteroatoms. The second-order valence-corrected chi connectivity index (χ2v) is 6.26. The summed E-state index contributed by atoms with van der Waals surface area (Å²) in [5.74, 6) is 0.509. The summed E-state index contributed by atoms with van der Waals surface area (Å²) in [4.78, 5) is 0. The summed E-state index contributed by atoms with van der Waals surface area (Å²) in [5.41, 5.74) is 10.7. The summed E-state index contributed by atoms with van der Waals surface area (Å²) >= 11 is 3.52. The van der Waals surface area contributed by atoms with Gasteiger partial charge in [0.1, 0.15) is 0 Å². The second kappa shape index (κ2) is 5.48. The monoisotopic (exact) mass is 315 g/mol. The Morgan fingerprint density at radius 2 is 2.00 bits per heavy atom. The topological polar surface area (TPSA) is 26.0 Å². The molecule has 0 heterocycles. The Morgan fingerprint density at radius 1 is 1.16 bits per heavy atom. The minimum Gasteiger partial charge on any atom is -0.327 e. The first-order valence-electron chi connectivity index (χ1n) is 6.82. The van der Waals surface area contributed by atoms with Crippen LogP contribution in [0.1, 0.15) is 29.0 Å². The van der Waals surface area contributed by atoms with Crippen molar-refractivity contribution in [2.75, 3.05) is 0 Å². The molecule has 0 bridgehead atoms. The van der Waals surface area contributed by atoms with Crippen molar-refractivity contribution in [3.05, 3.63) is 69.7 Å². The Kier molecular flexibility index (Phi) is 3.72. The van der Waals surface area contributed by atoms with Crippen LogP contribution in [-0.2, 0) is 12.8 Å². The largest absolute Gasteiger partial charge is 0.327 e. The average molecular weight is 316 g/mol. The molecule has 1 nitrogen and oxygen atoms in total. The molecule has 1 aliphatic carbocycles. The molecule has 0 aliphatic heterocycles. The van der Waals surface area contributed by atoms with Gasteiger partial charge < -0.3 is 5.73 Å². The van der Waals surface area contributed by atoms with Crippen LogP contribution in [0.5, 0.6) is 0 Å². The molecule has 2 unspecified atom stereocenters. The normalized spacial score (nSPS) is 19.2. The van der Waals surface area contributed by atoms with Gasteiger partial charge >= 0.3 is 0 Å². The zero-order valence-corrected chi connectivity index (χ0v) is 12.4. The molecule has 2 aromatic rings. The smallest absolute Gasteiger partial charge is 0.0178 e. The standard InChI is InChI=1S/C17H18BrN/c18-14-6-3-4-12(10-14)11-17(19)16-9-8-13-5-1-2-7-15(13)16/h1-7,10,16-17H,8-9,11,19H2. The molecule has 2 N–H and O–H groups in total. The third-order valence-electron chi connectivity index (χ3n) is 4.06. The molecule has 1 aliphatic rings. The first-order valence-corrected chi connectivity index (χ1v) is 7.61. The van der Waals surface area contributed by atoms with Gasteiger partial charge in [0, 0.05) is 10.5 Å². The van der Waals surface area contributed by atoms with Crippen LogP contribution in [0.4, 0.5) is 0 Å². The van der Waals surface area contributed by atoms with Crippen LogP contribution in [0.25, 0.3) is 0 Å². The predicted octanol–water partition coefficient (Wildman–Crippen LogP) is 4.05. The van der Waals surface area contributed by atoms with E-state index in [0.717, 1.165) is 10.9 Å². The lowest BCUT2D eigenvalue weighted by Gasteiger charge is -2.20. The second-order valence-electron chi connectivity index (χ2n) is 5.34. The Morgan fingerprint density at radius 3 is 2.84 bits per heavy atom. The maximum absolute atomic E-state index is 6.46. The van der Waals surface area contributed by atoms with E-state index in [2.05, 4.69) is 64.5 Å². The number of rotatable bonds is 3. The van der Waals surface area contributed by atoms with Crippen molar-refractivity contribution in [2.24, 2.45) is 5.73 Å². The lowest BCUT2D eigenvalue weighted by atomic mass is 9.89. The van der Waals surface area contributed by atoms with Crippen LogP contribution in [0, 0.1) is 0 Å². The minimum absolute atomic E-state index is 0.206. The van der Waals surface area contributed by atoms with Gasteiger partial charge in [-0.3, -0.25) is 0 Å². The zero-order valence-electron chi connectivity index (χ0n) is 10.9. The van der Waals surface area contributed by atoms with Crippen LogP contribution in [0.15, 0.2) is 53.0 Å². The first-order chi connectivity index (χ1) is 9.24. The van der Waals surface area contributed by atoms with E-state index in [1.807, 2.05) is 0 Å². The van der Waals surface area contributed by atoms with Crippen molar-refractivity contribution in [3.8, 4) is 0 Å². The van der Waals surface area contributed by atoms with Crippen LogP contribution in [0.2, 0.25) is 0 Å². The number of fused-ring (bicyclic) bond motifs is 1. The van der Waals surface area contributed by atoms with E-state index in [1.165, 1.54) is 29.5 Å². The number of benzene rings is 2. The van der Waals surface area contributed by atoms with Crippen molar-refractivity contribution in [3.63, 3.8) is 0 Å². The number of hydrogen-bond acceptors (Lipinski definition) is 1. The molecule has 0 saturated carbocycles. The van der Waals surface area contributed by atoms with Gasteiger partial charge in [0.05, 0.1) is 0 Å². The van der Waals surface area contributed by atoms with Gasteiger partial charge in [-0.2, -0.15) is 0 Å². The molecule has 0 aromatic heterocycles. The quantitative estimate of drug-likeness (QED) is 0.908. The van der Waals surface area contributed by atoms with Crippen LogP contribution < -0.4 is 5.73 Å². The van der Waals surface area contributed by atoms with E-state index >= 15 is 0 Å². The van der Waals surface area contributed by atoms with Gasteiger partial charge in [0.15, 0.2) is 0 Å². The molecule has 0 saturated heterocycles. The predicted molar refractivity (Wildman–Crippen MR) is 83.3 cm³/mol. The summed E-state index contributed by atoms with van der Waals surface area (Å²) in [7, 11) is 0. The van der Waals surface area contributed by atoms with Gasteiger partial charge in [-0.15, -0.1) is 0 Å². The molecule has 98 valence electrons. The van der Waals surface area contributed by atoms with E-state index in [-0.39, 0.29) is 6.04 Å². The number of aryl methyl sites for hydroxylation is 1. The van der Waals surface area contributed by atoms with E-state index in [4.69, 9.17) is 5.73 Å². The van der Waals surface area contributed by atoms with Crippen molar-refractivity contribution in [1.29, 1.82) is 0 Å². The Hall–Kier alpha value is -1.12. The minimum atomic E-state index is 0.206. The summed E-state index contributed by atoms with van der Waals surface area (Å²) < 4.78 is 1.13. The summed E-state index contributed by atoms with van der Waals surface area (Å²) in [5, 5.41) is 0. The Balaban J connectivity index is 1.77. The Labute approximate surface area is 123 Å². The molecular formula is C17H18BrN. The van der Waals surface area contributed by atoms with Gasteiger partial charge in [-0.05, 0) is 54.0 Å². The van der Waals surface area contributed by atoms with Crippen molar-refractivity contribution in [1.82, 2.24) is 0 Å². The Bertz CT molecular complexity index is 579. The van der Waals surface area contributed by atoms with E-state index in [9.17, 15) is 0 Å². The summed E-state index contributed by atoms with van der Waals surface area (Å²) in [6, 6.07) is 17.4. The number of hydrogen-bond donors (Lipinski definition) is 1. The molecule has 2 atom stereocenters. The number of nitrogens with two attached hydrogens (primary N) is 1. The third-order valence-corrected chi connectivity index (χ3v) is 4.55. The number of halogens is 1. The van der Waals surface area contributed by atoms with Crippen LogP contribution in [-0.4, -0.2) is 6.04 Å². The molecule has 0 fully saturated rings. The summed E-state index contributed by atoms with van der Waals surface area (Å²) in [6.45, 7) is 0. The van der Waals surface area contributed by atoms with Crippen LogP contribution in [0.3, 0.4) is 0 Å². The molecule has 0 amide bonds.